The van der Waals surface area contributed by atoms with Gasteiger partial charge < -0.3 is 25.2 Å². The zero-order valence-electron chi connectivity index (χ0n) is 22.5. The van der Waals surface area contributed by atoms with E-state index >= 15 is 0 Å². The van der Waals surface area contributed by atoms with Gasteiger partial charge in [0, 0.05) is 24.2 Å². The van der Waals surface area contributed by atoms with E-state index in [1.54, 1.807) is 51.2 Å². The third-order valence-corrected chi connectivity index (χ3v) is 5.54. The lowest BCUT2D eigenvalue weighted by Gasteiger charge is -2.23. The first-order valence-electron chi connectivity index (χ1n) is 12.8. The van der Waals surface area contributed by atoms with E-state index in [0.29, 0.717) is 36.6 Å². The van der Waals surface area contributed by atoms with E-state index in [9.17, 15) is 14.4 Å². The lowest BCUT2D eigenvalue weighted by atomic mass is 10.1. The SMILES string of the molecule is CC(C)(C)OC(=O)NC(Cc1ccc(OCc2ccccc2)cn1)C(=O)Nc1ccc(CCCC(=O)O)cc1. The van der Waals surface area contributed by atoms with Crippen LogP contribution in [0.2, 0.25) is 0 Å². The summed E-state index contributed by atoms with van der Waals surface area (Å²) >= 11 is 0. The van der Waals surface area contributed by atoms with Gasteiger partial charge in [0.1, 0.15) is 24.0 Å². The Morgan fingerprint density at radius 2 is 1.67 bits per heavy atom. The molecule has 0 saturated heterocycles. The topological polar surface area (TPSA) is 127 Å². The fourth-order valence-corrected chi connectivity index (χ4v) is 3.65. The van der Waals surface area contributed by atoms with E-state index in [1.807, 2.05) is 42.5 Å². The van der Waals surface area contributed by atoms with Crippen molar-refractivity contribution in [2.45, 2.75) is 64.7 Å². The maximum Gasteiger partial charge on any atom is 0.408 e. The summed E-state index contributed by atoms with van der Waals surface area (Å²) < 4.78 is 11.1. The Balaban J connectivity index is 1.64. The quantitative estimate of drug-likeness (QED) is 0.294. The molecular weight excluding hydrogens is 498 g/mol. The molecule has 0 bridgehead atoms. The van der Waals surface area contributed by atoms with Crippen LogP contribution in [-0.4, -0.2) is 39.7 Å². The summed E-state index contributed by atoms with van der Waals surface area (Å²) in [4.78, 5) is 40.8. The minimum Gasteiger partial charge on any atom is -0.487 e. The van der Waals surface area contributed by atoms with Gasteiger partial charge in [-0.3, -0.25) is 14.6 Å². The molecular formula is C30H35N3O6. The molecule has 0 radical (unpaired) electrons. The Kier molecular flexibility index (Phi) is 10.4. The number of alkyl carbamates (subject to hydrolysis) is 1. The molecule has 0 aliphatic rings. The molecule has 3 aromatic rings. The lowest BCUT2D eigenvalue weighted by molar-refractivity contribution is -0.137. The lowest BCUT2D eigenvalue weighted by Crippen LogP contribution is -2.47. The maximum absolute atomic E-state index is 13.2. The molecule has 0 fully saturated rings. The van der Waals surface area contributed by atoms with Crippen molar-refractivity contribution in [2.75, 3.05) is 5.32 Å². The molecule has 0 aliphatic heterocycles. The highest BCUT2D eigenvalue weighted by atomic mass is 16.6. The van der Waals surface area contributed by atoms with Crippen molar-refractivity contribution in [2.24, 2.45) is 0 Å². The van der Waals surface area contributed by atoms with Crippen LogP contribution < -0.4 is 15.4 Å². The molecule has 2 amide bonds. The number of hydrogen-bond donors (Lipinski definition) is 3. The number of carboxylic acid groups (broad SMARTS) is 1. The summed E-state index contributed by atoms with van der Waals surface area (Å²) in [6, 6.07) is 19.5. The zero-order chi connectivity index (χ0) is 28.3. The minimum absolute atomic E-state index is 0.102. The highest BCUT2D eigenvalue weighted by Gasteiger charge is 2.25. The van der Waals surface area contributed by atoms with Crippen molar-refractivity contribution in [1.29, 1.82) is 0 Å². The summed E-state index contributed by atoms with van der Waals surface area (Å²) in [6.07, 6.45) is 2.27. The van der Waals surface area contributed by atoms with Crippen LogP contribution in [0.4, 0.5) is 10.5 Å². The molecule has 0 spiro atoms. The highest BCUT2D eigenvalue weighted by molar-refractivity contribution is 5.96. The first kappa shape index (κ1) is 29.2. The number of carboxylic acids is 1. The predicted molar refractivity (Wildman–Crippen MR) is 148 cm³/mol. The molecule has 1 heterocycles. The molecule has 39 heavy (non-hydrogen) atoms. The second kappa shape index (κ2) is 13.9. The number of nitrogens with zero attached hydrogens (tertiary/aromatic N) is 1. The molecule has 0 saturated carbocycles. The van der Waals surface area contributed by atoms with Crippen LogP contribution in [0.1, 0.15) is 50.4 Å². The Morgan fingerprint density at radius 3 is 2.28 bits per heavy atom. The van der Waals surface area contributed by atoms with Gasteiger partial charge in [0.15, 0.2) is 0 Å². The van der Waals surface area contributed by atoms with Gasteiger partial charge in [-0.05, 0) is 69.0 Å². The molecule has 206 valence electrons. The molecule has 0 aliphatic carbocycles. The fraction of sp³-hybridized carbons (Fsp3) is 0.333. The second-order valence-corrected chi connectivity index (χ2v) is 10.1. The van der Waals surface area contributed by atoms with Gasteiger partial charge in [-0.15, -0.1) is 0 Å². The number of pyridine rings is 1. The zero-order valence-corrected chi connectivity index (χ0v) is 22.5. The first-order valence-corrected chi connectivity index (χ1v) is 12.8. The number of carbonyl (C=O) groups excluding carboxylic acids is 2. The Morgan fingerprint density at radius 1 is 0.949 bits per heavy atom. The van der Waals surface area contributed by atoms with E-state index in [2.05, 4.69) is 15.6 Å². The van der Waals surface area contributed by atoms with Crippen LogP contribution in [0.3, 0.4) is 0 Å². The second-order valence-electron chi connectivity index (χ2n) is 10.1. The minimum atomic E-state index is -0.946. The number of carbonyl (C=O) groups is 3. The number of amides is 2. The highest BCUT2D eigenvalue weighted by Crippen LogP contribution is 2.16. The Bertz CT molecular complexity index is 1220. The third-order valence-electron chi connectivity index (χ3n) is 5.54. The number of nitrogens with one attached hydrogen (secondary N) is 2. The Hall–Kier alpha value is -4.40. The number of benzene rings is 2. The number of aryl methyl sites for hydroxylation is 1. The van der Waals surface area contributed by atoms with Crippen molar-refractivity contribution in [1.82, 2.24) is 10.3 Å². The van der Waals surface area contributed by atoms with E-state index in [-0.39, 0.29) is 12.8 Å². The van der Waals surface area contributed by atoms with Crippen molar-refractivity contribution < 1.29 is 29.0 Å². The standard InChI is InChI=1S/C30H35N3O6/c1-30(2,3)39-29(37)33-26(28(36)32-23-14-12-21(13-15-23)10-7-11-27(34)35)18-24-16-17-25(19-31-24)38-20-22-8-5-4-6-9-22/h4-6,8-9,12-17,19,26H,7,10-11,18,20H2,1-3H3,(H,32,36)(H,33,37)(H,34,35). The van der Waals surface area contributed by atoms with Crippen LogP contribution in [0, 0.1) is 0 Å². The predicted octanol–water partition coefficient (Wildman–Crippen LogP) is 5.14. The van der Waals surface area contributed by atoms with Gasteiger partial charge in [-0.25, -0.2) is 4.79 Å². The van der Waals surface area contributed by atoms with E-state index in [0.717, 1.165) is 11.1 Å². The molecule has 3 N–H and O–H groups in total. The number of rotatable bonds is 12. The molecule has 3 rings (SSSR count). The van der Waals surface area contributed by atoms with Gasteiger partial charge in [-0.2, -0.15) is 0 Å². The monoisotopic (exact) mass is 533 g/mol. The molecule has 9 nitrogen and oxygen atoms in total. The fourth-order valence-electron chi connectivity index (χ4n) is 3.65. The molecule has 1 aromatic heterocycles. The smallest absolute Gasteiger partial charge is 0.408 e. The van der Waals surface area contributed by atoms with E-state index in [1.165, 1.54) is 0 Å². The van der Waals surface area contributed by atoms with Crippen molar-refractivity contribution in [3.63, 3.8) is 0 Å². The summed E-state index contributed by atoms with van der Waals surface area (Å²) in [5.41, 5.74) is 2.42. The van der Waals surface area contributed by atoms with Gasteiger partial charge >= 0.3 is 12.1 Å². The Labute approximate surface area is 228 Å². The first-order chi connectivity index (χ1) is 18.6. The number of hydrogen-bond acceptors (Lipinski definition) is 6. The molecule has 1 atom stereocenters. The molecule has 2 aromatic carbocycles. The van der Waals surface area contributed by atoms with Gasteiger partial charge in [0.25, 0.3) is 0 Å². The third kappa shape index (κ3) is 10.9. The molecule has 9 heteroatoms. The number of ether oxygens (including phenoxy) is 2. The van der Waals surface area contributed by atoms with Crippen LogP contribution >= 0.6 is 0 Å². The van der Waals surface area contributed by atoms with Crippen LogP contribution in [0.5, 0.6) is 5.75 Å². The maximum atomic E-state index is 13.2. The summed E-state index contributed by atoms with van der Waals surface area (Å²) in [5.74, 6) is -0.663. The van der Waals surface area contributed by atoms with Crippen molar-refractivity contribution in [3.8, 4) is 5.75 Å². The van der Waals surface area contributed by atoms with Crippen LogP contribution in [-0.2, 0) is 33.8 Å². The van der Waals surface area contributed by atoms with Crippen LogP contribution in [0.25, 0.3) is 0 Å². The average Bonchev–Trinajstić information content (AvgIpc) is 2.88. The normalized spacial score (nSPS) is 11.8. The number of anilines is 1. The number of aliphatic carboxylic acids is 1. The van der Waals surface area contributed by atoms with Crippen LogP contribution in [0.15, 0.2) is 72.9 Å². The molecule has 1 unspecified atom stereocenters. The summed E-state index contributed by atoms with van der Waals surface area (Å²) in [6.45, 7) is 5.64. The van der Waals surface area contributed by atoms with Gasteiger partial charge in [0.05, 0.1) is 6.20 Å². The average molecular weight is 534 g/mol. The van der Waals surface area contributed by atoms with Crippen molar-refractivity contribution in [3.05, 3.63) is 89.7 Å². The largest absolute Gasteiger partial charge is 0.487 e. The van der Waals surface area contributed by atoms with Gasteiger partial charge in [0.2, 0.25) is 5.91 Å². The van der Waals surface area contributed by atoms with E-state index in [4.69, 9.17) is 14.6 Å². The van der Waals surface area contributed by atoms with Crippen molar-refractivity contribution >= 4 is 23.7 Å². The number of aromatic nitrogens is 1. The summed E-state index contributed by atoms with van der Waals surface area (Å²) in [7, 11) is 0. The van der Waals surface area contributed by atoms with Gasteiger partial charge in [-0.1, -0.05) is 42.5 Å². The van der Waals surface area contributed by atoms with E-state index < -0.39 is 29.6 Å². The summed E-state index contributed by atoms with van der Waals surface area (Å²) in [5, 5.41) is 14.3.